The predicted octanol–water partition coefficient (Wildman–Crippen LogP) is 17.6. The molecular formula is C65H42N2S. The van der Waals surface area contributed by atoms with E-state index in [-0.39, 0.29) is 0 Å². The summed E-state index contributed by atoms with van der Waals surface area (Å²) in [6.07, 6.45) is 0. The van der Waals surface area contributed by atoms with E-state index in [1.807, 2.05) is 11.8 Å². The van der Waals surface area contributed by atoms with Crippen molar-refractivity contribution in [2.24, 2.45) is 0 Å². The molecule has 2 heterocycles. The molecule has 318 valence electrons. The molecule has 68 heavy (non-hydrogen) atoms. The smallest absolute Gasteiger partial charge is 0.0736 e. The zero-order chi connectivity index (χ0) is 44.8. The molecule has 1 atom stereocenters. The van der Waals surface area contributed by atoms with E-state index in [9.17, 15) is 0 Å². The summed E-state index contributed by atoms with van der Waals surface area (Å²) in [4.78, 5) is 5.11. The van der Waals surface area contributed by atoms with Gasteiger partial charge in [0.05, 0.1) is 22.1 Å². The zero-order valence-electron chi connectivity index (χ0n) is 37.1. The first-order valence-corrected chi connectivity index (χ1v) is 24.2. The maximum absolute atomic E-state index is 2.56. The lowest BCUT2D eigenvalue weighted by Crippen LogP contribution is -2.36. The van der Waals surface area contributed by atoms with Crippen LogP contribution in [0.25, 0.3) is 71.6 Å². The number of hydrogen-bond acceptors (Lipinski definition) is 2. The Hall–Kier alpha value is -8.37. The van der Waals surface area contributed by atoms with Crippen LogP contribution in [-0.4, -0.2) is 4.57 Å². The average molecular weight is 883 g/mol. The van der Waals surface area contributed by atoms with Crippen LogP contribution in [0.1, 0.15) is 22.3 Å². The van der Waals surface area contributed by atoms with Crippen LogP contribution in [0.2, 0.25) is 0 Å². The van der Waals surface area contributed by atoms with Gasteiger partial charge in [-0.15, -0.1) is 0 Å². The fourth-order valence-corrected chi connectivity index (χ4v) is 12.8. The van der Waals surface area contributed by atoms with Gasteiger partial charge in [-0.05, 0) is 116 Å². The maximum atomic E-state index is 2.56. The number of hydrogen-bond donors (Lipinski definition) is 0. The molecule has 1 aliphatic heterocycles. The third-order valence-corrected chi connectivity index (χ3v) is 15.6. The van der Waals surface area contributed by atoms with E-state index in [0.717, 1.165) is 45.0 Å². The Bertz CT molecular complexity index is 3890. The van der Waals surface area contributed by atoms with Gasteiger partial charge in [-0.25, -0.2) is 0 Å². The Balaban J connectivity index is 1.11. The topological polar surface area (TPSA) is 8.17 Å². The van der Waals surface area contributed by atoms with Crippen LogP contribution in [0.3, 0.4) is 0 Å². The van der Waals surface area contributed by atoms with E-state index in [1.165, 1.54) is 75.7 Å². The summed E-state index contributed by atoms with van der Waals surface area (Å²) in [6.45, 7) is 0. The van der Waals surface area contributed by atoms with Crippen LogP contribution in [0.4, 0.5) is 17.1 Å². The summed E-state index contributed by atoms with van der Waals surface area (Å²) in [5, 5.41) is 5.01. The Morgan fingerprint density at radius 1 is 0.353 bits per heavy atom. The van der Waals surface area contributed by atoms with Crippen molar-refractivity contribution in [3.8, 4) is 39.1 Å². The summed E-state index contributed by atoms with van der Waals surface area (Å²) in [5.74, 6) is 0. The molecule has 0 radical (unpaired) electrons. The largest absolute Gasteiger partial charge is 0.309 e. The Morgan fingerprint density at radius 3 is 1.68 bits per heavy atom. The van der Waals surface area contributed by atoms with Gasteiger partial charge in [0.2, 0.25) is 0 Å². The minimum atomic E-state index is -0.600. The van der Waals surface area contributed by atoms with Crippen molar-refractivity contribution in [1.29, 1.82) is 0 Å². The molecule has 0 bridgehead atoms. The summed E-state index contributed by atoms with van der Waals surface area (Å²) in [6, 6.07) is 94.7. The van der Waals surface area contributed by atoms with Gasteiger partial charge in [0, 0.05) is 48.8 Å². The molecule has 12 aromatic rings. The molecule has 1 unspecified atom stereocenters. The summed E-state index contributed by atoms with van der Waals surface area (Å²) >= 11 is 1.89. The van der Waals surface area contributed by atoms with Gasteiger partial charge in [0.15, 0.2) is 0 Å². The Labute approximate surface area is 400 Å². The van der Waals surface area contributed by atoms with Crippen molar-refractivity contribution in [2.75, 3.05) is 4.90 Å². The number of anilines is 3. The van der Waals surface area contributed by atoms with Gasteiger partial charge < -0.3 is 9.47 Å². The Kier molecular flexibility index (Phi) is 8.77. The molecule has 0 saturated carbocycles. The van der Waals surface area contributed by atoms with Crippen molar-refractivity contribution < 1.29 is 0 Å². The standard InChI is InChI=1S/C65H42N2S/c1-4-19-43(20-5-1)49-29-18-30-50(44-21-6-2-7-22-44)64(49)66(47-37-39-60-54(41-47)52-28-11-14-35-59(52)67(60)46-25-8-3-9-26-46)48-38-40-62-58(42-48)65(56-33-13-15-36-61(56)68-62)55-32-12-10-27-51(55)53-31-16-23-45-24-17-34-57(65)63(45)53/h1-42H. The molecule has 2 aliphatic rings. The molecule has 2 nitrogen and oxygen atoms in total. The van der Waals surface area contributed by atoms with E-state index < -0.39 is 5.41 Å². The van der Waals surface area contributed by atoms with Gasteiger partial charge in [-0.1, -0.05) is 206 Å². The van der Waals surface area contributed by atoms with Crippen LogP contribution >= 0.6 is 11.8 Å². The number of aromatic nitrogens is 1. The normalized spacial score (nSPS) is 14.5. The second-order valence-electron chi connectivity index (χ2n) is 17.9. The van der Waals surface area contributed by atoms with E-state index in [2.05, 4.69) is 264 Å². The third kappa shape index (κ3) is 5.66. The van der Waals surface area contributed by atoms with Crippen LogP contribution < -0.4 is 4.90 Å². The second kappa shape index (κ2) is 15.4. The first-order valence-electron chi connectivity index (χ1n) is 23.4. The third-order valence-electron chi connectivity index (χ3n) is 14.4. The fraction of sp³-hybridized carbons (Fsp3) is 0.0154. The lowest BCUT2D eigenvalue weighted by Gasteiger charge is -2.46. The first kappa shape index (κ1) is 38.9. The second-order valence-corrected chi connectivity index (χ2v) is 19.0. The van der Waals surface area contributed by atoms with Crippen LogP contribution in [0.15, 0.2) is 265 Å². The molecule has 14 rings (SSSR count). The van der Waals surface area contributed by atoms with E-state index in [0.29, 0.717) is 0 Å². The van der Waals surface area contributed by atoms with Crippen molar-refractivity contribution in [3.05, 3.63) is 277 Å². The van der Waals surface area contributed by atoms with Crippen LogP contribution in [0, 0.1) is 0 Å². The van der Waals surface area contributed by atoms with Crippen LogP contribution in [0.5, 0.6) is 0 Å². The Morgan fingerprint density at radius 2 is 0.897 bits per heavy atom. The van der Waals surface area contributed by atoms with Crippen molar-refractivity contribution in [1.82, 2.24) is 4.57 Å². The first-order chi connectivity index (χ1) is 33.8. The number of rotatable bonds is 6. The van der Waals surface area contributed by atoms with E-state index in [1.54, 1.807) is 0 Å². The summed E-state index contributed by atoms with van der Waals surface area (Å²) < 4.78 is 2.41. The molecule has 3 heteroatoms. The fourth-order valence-electron chi connectivity index (χ4n) is 11.7. The highest BCUT2D eigenvalue weighted by molar-refractivity contribution is 7.99. The quantitative estimate of drug-likeness (QED) is 0.164. The highest BCUT2D eigenvalue weighted by Crippen LogP contribution is 2.62. The zero-order valence-corrected chi connectivity index (χ0v) is 37.9. The van der Waals surface area contributed by atoms with Crippen molar-refractivity contribution >= 4 is 61.4 Å². The molecule has 1 spiro atoms. The monoisotopic (exact) mass is 882 g/mol. The minimum absolute atomic E-state index is 0.600. The van der Waals surface area contributed by atoms with Gasteiger partial charge in [0.1, 0.15) is 0 Å². The molecule has 0 amide bonds. The van der Waals surface area contributed by atoms with E-state index >= 15 is 0 Å². The average Bonchev–Trinajstić information content (AvgIpc) is 3.74. The number of fused-ring (bicyclic) bond motifs is 11. The summed E-state index contributed by atoms with van der Waals surface area (Å²) in [5.41, 5.74) is 18.7. The van der Waals surface area contributed by atoms with Gasteiger partial charge in [-0.3, -0.25) is 0 Å². The van der Waals surface area contributed by atoms with Crippen molar-refractivity contribution in [3.63, 3.8) is 0 Å². The molecule has 1 aliphatic carbocycles. The van der Waals surface area contributed by atoms with E-state index in [4.69, 9.17) is 0 Å². The van der Waals surface area contributed by atoms with Crippen molar-refractivity contribution in [2.45, 2.75) is 15.2 Å². The highest BCUT2D eigenvalue weighted by Gasteiger charge is 2.49. The SMILES string of the molecule is c1ccc(-c2cccc(-c3ccccc3)c2N(c2ccc3c(c2)C2(c4ccccc4S3)c3ccccc3-c3cccc4cccc2c34)c2ccc3c(c2)c2ccccc2n3-c2ccccc2)cc1. The number of benzene rings is 11. The van der Waals surface area contributed by atoms with Gasteiger partial charge >= 0.3 is 0 Å². The minimum Gasteiger partial charge on any atom is -0.309 e. The molecule has 0 saturated heterocycles. The summed E-state index contributed by atoms with van der Waals surface area (Å²) in [7, 11) is 0. The lowest BCUT2D eigenvalue weighted by atomic mass is 9.59. The number of nitrogens with zero attached hydrogens (tertiary/aromatic N) is 2. The predicted molar refractivity (Wildman–Crippen MR) is 285 cm³/mol. The van der Waals surface area contributed by atoms with Crippen LogP contribution in [-0.2, 0) is 5.41 Å². The number of para-hydroxylation sites is 3. The van der Waals surface area contributed by atoms with Gasteiger partial charge in [-0.2, -0.15) is 0 Å². The highest BCUT2D eigenvalue weighted by atomic mass is 32.2. The van der Waals surface area contributed by atoms with Gasteiger partial charge in [0.25, 0.3) is 0 Å². The molecule has 0 fully saturated rings. The lowest BCUT2D eigenvalue weighted by molar-refractivity contribution is 0.707. The molecular weight excluding hydrogens is 841 g/mol. The maximum Gasteiger partial charge on any atom is 0.0736 e. The molecule has 0 N–H and O–H groups in total. The molecule has 1 aromatic heterocycles. The molecule has 11 aromatic carbocycles.